The van der Waals surface area contributed by atoms with Gasteiger partial charge in [-0.1, -0.05) is 12.1 Å². The fraction of sp³-hybridized carbons (Fsp3) is 0.688. The molecule has 0 bridgehead atoms. The number of β-amino-alcohol motifs (C(OH)–C–C–N with tert-alkyl or cyclic N) is 1. The number of hydrogen-bond acceptors (Lipinski definition) is 7. The van der Waals surface area contributed by atoms with E-state index in [1.54, 1.807) is 10.9 Å². The standard InChI is InChI=1S/C16H26N6O2/c1-2-16-18-15(19-24-16)13-21-7-4-6-20(9-10-21)11-14(23)12-22-8-3-5-17-22/h3,5,8,14,23H,2,4,6-7,9-13H2,1H3/t14-/m1/s1. The second-order valence-corrected chi connectivity index (χ2v) is 6.27. The van der Waals surface area contributed by atoms with Crippen LogP contribution < -0.4 is 0 Å². The van der Waals surface area contributed by atoms with Crippen molar-refractivity contribution in [3.8, 4) is 0 Å². The van der Waals surface area contributed by atoms with Crippen LogP contribution >= 0.6 is 0 Å². The quantitative estimate of drug-likeness (QED) is 0.784. The highest BCUT2D eigenvalue weighted by Crippen LogP contribution is 2.08. The summed E-state index contributed by atoms with van der Waals surface area (Å²) in [5.74, 6) is 1.46. The zero-order valence-electron chi connectivity index (χ0n) is 14.2. The van der Waals surface area contributed by atoms with Gasteiger partial charge in [-0.3, -0.25) is 14.5 Å². The monoisotopic (exact) mass is 334 g/mol. The largest absolute Gasteiger partial charge is 0.390 e. The zero-order chi connectivity index (χ0) is 16.8. The van der Waals surface area contributed by atoms with Crippen molar-refractivity contribution in [2.75, 3.05) is 32.7 Å². The number of aliphatic hydroxyl groups is 1. The minimum Gasteiger partial charge on any atom is -0.390 e. The molecule has 24 heavy (non-hydrogen) atoms. The third kappa shape index (κ3) is 4.86. The summed E-state index contributed by atoms with van der Waals surface area (Å²) in [6, 6.07) is 1.87. The molecule has 1 aliphatic heterocycles. The number of rotatable bonds is 7. The molecule has 1 aliphatic rings. The maximum absolute atomic E-state index is 10.2. The average Bonchev–Trinajstić information content (AvgIpc) is 3.18. The molecule has 8 nitrogen and oxygen atoms in total. The van der Waals surface area contributed by atoms with E-state index in [0.717, 1.165) is 51.4 Å². The van der Waals surface area contributed by atoms with Crippen LogP contribution in [0.3, 0.4) is 0 Å². The van der Waals surface area contributed by atoms with Crippen molar-refractivity contribution in [2.24, 2.45) is 0 Å². The fourth-order valence-corrected chi connectivity index (χ4v) is 3.04. The molecular weight excluding hydrogens is 308 g/mol. The van der Waals surface area contributed by atoms with Crippen LogP contribution in [0.4, 0.5) is 0 Å². The highest BCUT2D eigenvalue weighted by molar-refractivity contribution is 4.87. The van der Waals surface area contributed by atoms with Gasteiger partial charge >= 0.3 is 0 Å². The lowest BCUT2D eigenvalue weighted by Crippen LogP contribution is -2.37. The van der Waals surface area contributed by atoms with E-state index in [1.807, 2.05) is 19.2 Å². The number of nitrogens with zero attached hydrogens (tertiary/aromatic N) is 6. The molecule has 1 atom stereocenters. The normalized spacial score (nSPS) is 18.6. The Bertz CT molecular complexity index is 599. The van der Waals surface area contributed by atoms with Crippen molar-refractivity contribution in [1.82, 2.24) is 29.7 Å². The molecule has 1 saturated heterocycles. The highest BCUT2D eigenvalue weighted by atomic mass is 16.5. The highest BCUT2D eigenvalue weighted by Gasteiger charge is 2.19. The second kappa shape index (κ2) is 8.36. The number of aryl methyl sites for hydroxylation is 1. The minimum absolute atomic E-state index is 0.402. The van der Waals surface area contributed by atoms with E-state index in [-0.39, 0.29) is 0 Å². The first-order valence-electron chi connectivity index (χ1n) is 8.64. The van der Waals surface area contributed by atoms with E-state index in [1.165, 1.54) is 0 Å². The summed E-state index contributed by atoms with van der Waals surface area (Å²) in [4.78, 5) is 9.05. The lowest BCUT2D eigenvalue weighted by Gasteiger charge is -2.23. The Morgan fingerprint density at radius 2 is 2.04 bits per heavy atom. The third-order valence-electron chi connectivity index (χ3n) is 4.28. The number of aliphatic hydroxyl groups excluding tert-OH is 1. The van der Waals surface area contributed by atoms with Crippen LogP contribution in [0.5, 0.6) is 0 Å². The van der Waals surface area contributed by atoms with Crippen LogP contribution in [-0.2, 0) is 19.5 Å². The summed E-state index contributed by atoms with van der Waals surface area (Å²) in [5, 5.41) is 18.4. The van der Waals surface area contributed by atoms with Crippen molar-refractivity contribution in [3.63, 3.8) is 0 Å². The van der Waals surface area contributed by atoms with Crippen LogP contribution in [0.25, 0.3) is 0 Å². The van der Waals surface area contributed by atoms with E-state index in [4.69, 9.17) is 4.52 Å². The van der Waals surface area contributed by atoms with Crippen LogP contribution in [0, 0.1) is 0 Å². The first-order valence-corrected chi connectivity index (χ1v) is 8.64. The van der Waals surface area contributed by atoms with Crippen LogP contribution in [0.2, 0.25) is 0 Å². The third-order valence-corrected chi connectivity index (χ3v) is 4.28. The van der Waals surface area contributed by atoms with Gasteiger partial charge in [-0.25, -0.2) is 0 Å². The molecule has 0 radical (unpaired) electrons. The minimum atomic E-state index is -0.402. The zero-order valence-corrected chi connectivity index (χ0v) is 14.2. The molecule has 0 aromatic carbocycles. The van der Waals surface area contributed by atoms with E-state index in [9.17, 15) is 5.11 Å². The first-order chi connectivity index (χ1) is 11.7. The van der Waals surface area contributed by atoms with E-state index >= 15 is 0 Å². The van der Waals surface area contributed by atoms with Crippen molar-refractivity contribution < 1.29 is 9.63 Å². The van der Waals surface area contributed by atoms with Gasteiger partial charge in [0, 0.05) is 38.4 Å². The Morgan fingerprint density at radius 3 is 2.79 bits per heavy atom. The molecule has 1 fully saturated rings. The van der Waals surface area contributed by atoms with E-state index in [0.29, 0.717) is 19.0 Å². The first kappa shape index (κ1) is 17.1. The Hall–Kier alpha value is -1.77. The van der Waals surface area contributed by atoms with Crippen LogP contribution in [0.1, 0.15) is 25.1 Å². The molecule has 3 rings (SSSR count). The molecule has 2 aromatic heterocycles. The fourth-order valence-electron chi connectivity index (χ4n) is 3.04. The molecule has 0 unspecified atom stereocenters. The molecule has 0 amide bonds. The summed E-state index contributed by atoms with van der Waals surface area (Å²) in [6.45, 7) is 7.86. The average molecular weight is 334 g/mol. The van der Waals surface area contributed by atoms with Crippen molar-refractivity contribution in [2.45, 2.75) is 39.0 Å². The summed E-state index contributed by atoms with van der Waals surface area (Å²) >= 11 is 0. The molecule has 1 N–H and O–H groups in total. The van der Waals surface area contributed by atoms with Gasteiger partial charge in [-0.15, -0.1) is 0 Å². The molecule has 2 aromatic rings. The molecule has 132 valence electrons. The molecule has 8 heteroatoms. The van der Waals surface area contributed by atoms with Gasteiger partial charge in [-0.05, 0) is 25.6 Å². The molecule has 0 aliphatic carbocycles. The predicted octanol–water partition coefficient (Wildman–Crippen LogP) is 0.397. The van der Waals surface area contributed by atoms with Crippen molar-refractivity contribution >= 4 is 0 Å². The van der Waals surface area contributed by atoms with E-state index in [2.05, 4.69) is 25.0 Å². The Kier molecular flexibility index (Phi) is 5.95. The predicted molar refractivity (Wildman–Crippen MR) is 88.2 cm³/mol. The van der Waals surface area contributed by atoms with Gasteiger partial charge in [-0.2, -0.15) is 10.1 Å². The maximum atomic E-state index is 10.2. The molecule has 0 saturated carbocycles. The van der Waals surface area contributed by atoms with Gasteiger partial charge in [0.1, 0.15) is 0 Å². The van der Waals surface area contributed by atoms with Crippen LogP contribution in [-0.4, -0.2) is 73.7 Å². The summed E-state index contributed by atoms with van der Waals surface area (Å²) in [7, 11) is 0. The van der Waals surface area contributed by atoms with Gasteiger partial charge in [0.2, 0.25) is 5.89 Å². The van der Waals surface area contributed by atoms with Crippen molar-refractivity contribution in [1.29, 1.82) is 0 Å². The number of hydrogen-bond donors (Lipinski definition) is 1. The van der Waals surface area contributed by atoms with Crippen molar-refractivity contribution in [3.05, 3.63) is 30.2 Å². The summed E-state index contributed by atoms with van der Waals surface area (Å²) in [6.07, 6.45) is 5.06. The lowest BCUT2D eigenvalue weighted by molar-refractivity contribution is 0.0961. The van der Waals surface area contributed by atoms with Crippen LogP contribution in [0.15, 0.2) is 23.0 Å². The van der Waals surface area contributed by atoms with E-state index < -0.39 is 6.10 Å². The lowest BCUT2D eigenvalue weighted by atomic mass is 10.3. The maximum Gasteiger partial charge on any atom is 0.226 e. The SMILES string of the molecule is CCc1nc(CN2CCCN(C[C@@H](O)Cn3cccn3)CC2)no1. The Balaban J connectivity index is 1.44. The molecular formula is C16H26N6O2. The van der Waals surface area contributed by atoms with Gasteiger partial charge in [0.25, 0.3) is 0 Å². The smallest absolute Gasteiger partial charge is 0.226 e. The Morgan fingerprint density at radius 1 is 1.21 bits per heavy atom. The second-order valence-electron chi connectivity index (χ2n) is 6.27. The van der Waals surface area contributed by atoms with Gasteiger partial charge < -0.3 is 9.63 Å². The van der Waals surface area contributed by atoms with Gasteiger partial charge in [0.15, 0.2) is 5.82 Å². The Labute approximate surface area is 142 Å². The molecule has 3 heterocycles. The summed E-state index contributed by atoms with van der Waals surface area (Å²) in [5.41, 5.74) is 0. The van der Waals surface area contributed by atoms with Gasteiger partial charge in [0.05, 0.1) is 19.2 Å². The summed E-state index contributed by atoms with van der Waals surface area (Å²) < 4.78 is 6.94. The molecule has 0 spiro atoms. The topological polar surface area (TPSA) is 83.5 Å². The number of aromatic nitrogens is 4.